The van der Waals surface area contributed by atoms with Gasteiger partial charge < -0.3 is 10.8 Å². The van der Waals surface area contributed by atoms with Crippen molar-refractivity contribution in [3.05, 3.63) is 98.0 Å². The summed E-state index contributed by atoms with van der Waals surface area (Å²) in [5, 5.41) is 12.6. The van der Waals surface area contributed by atoms with Gasteiger partial charge in [0.25, 0.3) is 0 Å². The third-order valence-corrected chi connectivity index (χ3v) is 9.51. The predicted octanol–water partition coefficient (Wildman–Crippen LogP) is 9.87. The van der Waals surface area contributed by atoms with Crippen LogP contribution in [0.4, 0.5) is 0 Å². The van der Waals surface area contributed by atoms with Crippen LogP contribution in [0, 0.1) is 27.7 Å². The molecule has 206 valence electrons. The number of thiophene rings is 4. The van der Waals surface area contributed by atoms with Crippen molar-refractivity contribution < 1.29 is 9.90 Å². The van der Waals surface area contributed by atoms with Gasteiger partial charge in [-0.05, 0) is 103 Å². The zero-order chi connectivity index (χ0) is 28.8. The fourth-order valence-corrected chi connectivity index (χ4v) is 6.08. The van der Waals surface area contributed by atoms with E-state index in [9.17, 15) is 4.79 Å². The number of aliphatic hydroxyl groups is 1. The number of nitrogens with zero attached hydrogens (tertiary/aromatic N) is 3. The van der Waals surface area contributed by atoms with Gasteiger partial charge in [0, 0.05) is 45.1 Å². The molecular formula is C28H38N4O2S4. The van der Waals surface area contributed by atoms with Gasteiger partial charge in [-0.1, -0.05) is 12.0 Å². The number of azide groups is 1. The number of rotatable bonds is 5. The number of carbonyl (C=O) groups is 1. The average molecular weight is 591 g/mol. The summed E-state index contributed by atoms with van der Waals surface area (Å²) in [6.45, 7) is 15.4. The number of nitrogens with two attached hydrogens (primary N) is 1. The van der Waals surface area contributed by atoms with Gasteiger partial charge in [-0.15, -0.1) is 45.3 Å². The maximum atomic E-state index is 10.7. The summed E-state index contributed by atoms with van der Waals surface area (Å²) in [6, 6.07) is 16.2. The Balaban J connectivity index is 0.000000254. The maximum Gasteiger partial charge on any atom is 0.169 e. The van der Waals surface area contributed by atoms with Gasteiger partial charge >= 0.3 is 0 Å². The second-order valence-corrected chi connectivity index (χ2v) is 13.9. The van der Waals surface area contributed by atoms with E-state index in [1.165, 1.54) is 24.4 Å². The molecule has 4 aromatic rings. The average Bonchev–Trinajstić information content (AvgIpc) is 3.64. The standard InChI is InChI=1S/C7H9N3S.C7H11NS.C7H10OS.C7H8OS/c1-5-3-4-7(11-5)6(2)9-10-8;3*1-5-3-4-7(9-5)6(2)8/h3-4,6H,1-2H3;3-4,6H,8H2,1-2H3;3-4,6,8H,1-2H3;3-4H,1-2H3. The predicted molar refractivity (Wildman–Crippen MR) is 167 cm³/mol. The van der Waals surface area contributed by atoms with Crippen molar-refractivity contribution in [2.75, 3.05) is 0 Å². The molecule has 0 aliphatic rings. The molecular weight excluding hydrogens is 553 g/mol. The van der Waals surface area contributed by atoms with E-state index in [0.717, 1.165) is 14.6 Å². The first-order valence-electron chi connectivity index (χ1n) is 12.1. The first-order chi connectivity index (χ1) is 17.8. The fourth-order valence-electron chi connectivity index (χ4n) is 2.81. The maximum absolute atomic E-state index is 10.7. The van der Waals surface area contributed by atoms with Crippen molar-refractivity contribution in [3.63, 3.8) is 0 Å². The molecule has 10 heteroatoms. The van der Waals surface area contributed by atoms with Crippen LogP contribution in [-0.4, -0.2) is 10.9 Å². The lowest BCUT2D eigenvalue weighted by Crippen LogP contribution is -2.01. The number of aliphatic hydroxyl groups excluding tert-OH is 1. The van der Waals surface area contributed by atoms with E-state index in [-0.39, 0.29) is 24.0 Å². The number of carbonyl (C=O) groups excluding carboxylic acids is 1. The van der Waals surface area contributed by atoms with Gasteiger partial charge in [0.15, 0.2) is 5.78 Å². The number of hydrogen-bond acceptors (Lipinski definition) is 8. The number of aryl methyl sites for hydroxylation is 4. The molecule has 0 saturated heterocycles. The molecule has 3 atom stereocenters. The van der Waals surface area contributed by atoms with Crippen LogP contribution in [-0.2, 0) is 0 Å². The van der Waals surface area contributed by atoms with Gasteiger partial charge in [0.1, 0.15) is 0 Å². The van der Waals surface area contributed by atoms with Crippen LogP contribution >= 0.6 is 45.3 Å². The van der Waals surface area contributed by atoms with Crippen molar-refractivity contribution in [3.8, 4) is 0 Å². The fraction of sp³-hybridized carbons (Fsp3) is 0.393. The Kier molecular flexibility index (Phi) is 15.4. The van der Waals surface area contributed by atoms with Crippen molar-refractivity contribution in [2.24, 2.45) is 10.8 Å². The third-order valence-electron chi connectivity index (χ3n) is 4.87. The Morgan fingerprint density at radius 2 is 1.21 bits per heavy atom. The molecule has 0 spiro atoms. The molecule has 0 aromatic carbocycles. The van der Waals surface area contributed by atoms with Gasteiger partial charge in [0.2, 0.25) is 0 Å². The van der Waals surface area contributed by atoms with Gasteiger partial charge in [-0.3, -0.25) is 4.79 Å². The van der Waals surface area contributed by atoms with E-state index < -0.39 is 0 Å². The van der Waals surface area contributed by atoms with Crippen molar-refractivity contribution >= 4 is 51.1 Å². The van der Waals surface area contributed by atoms with Gasteiger partial charge in [-0.2, -0.15) is 0 Å². The van der Waals surface area contributed by atoms with Crippen LogP contribution < -0.4 is 5.73 Å². The van der Waals surface area contributed by atoms with Crippen LogP contribution in [0.1, 0.15) is 89.7 Å². The molecule has 4 rings (SSSR count). The minimum atomic E-state index is -0.302. The van der Waals surface area contributed by atoms with E-state index in [0.29, 0.717) is 0 Å². The molecule has 3 unspecified atom stereocenters. The Morgan fingerprint density at radius 1 is 0.789 bits per heavy atom. The summed E-state index contributed by atoms with van der Waals surface area (Å²) in [4.78, 5) is 22.8. The van der Waals surface area contributed by atoms with Crippen LogP contribution in [0.5, 0.6) is 0 Å². The summed E-state index contributed by atoms with van der Waals surface area (Å²) in [6.07, 6.45) is -0.302. The number of ketones is 1. The topological polar surface area (TPSA) is 112 Å². The summed E-state index contributed by atoms with van der Waals surface area (Å²) in [5.41, 5.74) is 13.8. The second kappa shape index (κ2) is 17.3. The van der Waals surface area contributed by atoms with E-state index >= 15 is 0 Å². The summed E-state index contributed by atoms with van der Waals surface area (Å²) in [7, 11) is 0. The molecule has 0 saturated carbocycles. The molecule has 0 bridgehead atoms. The molecule has 38 heavy (non-hydrogen) atoms. The van der Waals surface area contributed by atoms with E-state index in [2.05, 4.69) is 29.1 Å². The molecule has 4 aromatic heterocycles. The Labute approximate surface area is 242 Å². The van der Waals surface area contributed by atoms with Crippen LogP contribution in [0.25, 0.3) is 10.4 Å². The molecule has 0 fully saturated rings. The zero-order valence-corrected chi connectivity index (χ0v) is 26.5. The van der Waals surface area contributed by atoms with E-state index in [1.807, 2.05) is 71.0 Å². The first-order valence-corrected chi connectivity index (χ1v) is 15.3. The van der Waals surface area contributed by atoms with Crippen LogP contribution in [0.15, 0.2) is 53.6 Å². The summed E-state index contributed by atoms with van der Waals surface area (Å²) < 4.78 is 0. The highest BCUT2D eigenvalue weighted by Crippen LogP contribution is 2.25. The molecule has 0 radical (unpaired) electrons. The SMILES string of the molecule is CC(=O)c1ccc(C)s1.Cc1ccc(C(C)N)s1.Cc1ccc(C(C)N=[N+]=[N-])s1.Cc1ccc(C(C)O)s1. The zero-order valence-electron chi connectivity index (χ0n) is 23.3. The number of hydrogen-bond donors (Lipinski definition) is 2. The minimum absolute atomic E-state index is 0.0290. The van der Waals surface area contributed by atoms with Crippen LogP contribution in [0.3, 0.4) is 0 Å². The highest BCUT2D eigenvalue weighted by molar-refractivity contribution is 7.14. The smallest absolute Gasteiger partial charge is 0.169 e. The minimum Gasteiger partial charge on any atom is -0.388 e. The quantitative estimate of drug-likeness (QED) is 0.104. The third kappa shape index (κ3) is 13.0. The molecule has 6 nitrogen and oxygen atoms in total. The normalized spacial score (nSPS) is 12.3. The first kappa shape index (κ1) is 33.7. The van der Waals surface area contributed by atoms with Crippen molar-refractivity contribution in [2.45, 2.75) is 73.6 Å². The monoisotopic (exact) mass is 590 g/mol. The molecule has 0 aliphatic carbocycles. The lowest BCUT2D eigenvalue weighted by Gasteiger charge is -1.97. The highest BCUT2D eigenvalue weighted by Gasteiger charge is 2.04. The Morgan fingerprint density at radius 3 is 1.45 bits per heavy atom. The Bertz CT molecular complexity index is 1250. The molecule has 0 aliphatic heterocycles. The Hall–Kier alpha value is -2.30. The molecule has 4 heterocycles. The summed E-state index contributed by atoms with van der Waals surface area (Å²) >= 11 is 6.63. The van der Waals surface area contributed by atoms with Gasteiger partial charge in [-0.25, -0.2) is 0 Å². The molecule has 3 N–H and O–H groups in total. The molecule has 0 amide bonds. The lowest BCUT2D eigenvalue weighted by atomic mass is 10.3. The van der Waals surface area contributed by atoms with E-state index in [1.54, 1.807) is 59.2 Å². The largest absolute Gasteiger partial charge is 0.388 e. The number of Topliss-reactive ketones (excluding diaryl/α,β-unsaturated/α-hetero) is 1. The summed E-state index contributed by atoms with van der Waals surface area (Å²) in [5.74, 6) is 0.160. The second-order valence-electron chi connectivity index (χ2n) is 8.66. The van der Waals surface area contributed by atoms with Crippen molar-refractivity contribution in [1.82, 2.24) is 0 Å². The highest BCUT2D eigenvalue weighted by atomic mass is 32.1. The lowest BCUT2D eigenvalue weighted by molar-refractivity contribution is 0.102. The van der Waals surface area contributed by atoms with Gasteiger partial charge in [0.05, 0.1) is 17.0 Å². The van der Waals surface area contributed by atoms with E-state index in [4.69, 9.17) is 16.4 Å². The van der Waals surface area contributed by atoms with Crippen LogP contribution in [0.2, 0.25) is 0 Å². The van der Waals surface area contributed by atoms with Crippen molar-refractivity contribution in [1.29, 1.82) is 0 Å².